The first-order valence-corrected chi connectivity index (χ1v) is 7.55. The van der Waals surface area contributed by atoms with Crippen molar-refractivity contribution in [1.29, 1.82) is 0 Å². The lowest BCUT2D eigenvalue weighted by Gasteiger charge is -2.07. The lowest BCUT2D eigenvalue weighted by molar-refractivity contribution is -0.121. The van der Waals surface area contributed by atoms with E-state index in [0.29, 0.717) is 24.1 Å². The maximum absolute atomic E-state index is 12.0. The number of aryl methyl sites for hydroxylation is 2. The Morgan fingerprint density at radius 2 is 2.04 bits per heavy atom. The van der Waals surface area contributed by atoms with Crippen LogP contribution >= 0.6 is 0 Å². The number of carbonyl (C=O) groups excluding carboxylic acids is 1. The number of rotatable bonds is 5. The number of aromatic nitrogens is 1. The van der Waals surface area contributed by atoms with Crippen LogP contribution in [0.4, 0.5) is 0 Å². The molecule has 0 saturated carbocycles. The number of carbonyl (C=O) groups is 1. The summed E-state index contributed by atoms with van der Waals surface area (Å²) in [6.07, 6.45) is 1.18. The first kappa shape index (κ1) is 15.1. The van der Waals surface area contributed by atoms with Gasteiger partial charge in [-0.1, -0.05) is 30.3 Å². The Bertz CT molecular complexity index is 892. The van der Waals surface area contributed by atoms with E-state index in [0.717, 1.165) is 12.0 Å². The van der Waals surface area contributed by atoms with Crippen molar-refractivity contribution in [3.63, 3.8) is 0 Å². The van der Waals surface area contributed by atoms with Crippen molar-refractivity contribution in [2.24, 2.45) is 0 Å². The van der Waals surface area contributed by atoms with Crippen LogP contribution in [0.15, 0.2) is 51.7 Å². The second-order valence-electron chi connectivity index (χ2n) is 5.55. The first-order chi connectivity index (χ1) is 11.1. The standard InChI is InChI=1S/C18H18N2O3/c1-12-4-2-3-5-14(12)7-9-17(21)19-11-13-6-8-16-15(10-13)20-18(22)23-16/h2-6,8,10H,7,9,11H2,1H3,(H,19,21)(H,20,22). The van der Waals surface area contributed by atoms with Gasteiger partial charge in [0.1, 0.15) is 0 Å². The number of benzene rings is 2. The van der Waals surface area contributed by atoms with Crippen LogP contribution in [0.2, 0.25) is 0 Å². The van der Waals surface area contributed by atoms with Crippen LogP contribution in [0, 0.1) is 6.92 Å². The van der Waals surface area contributed by atoms with Crippen LogP contribution in [0.1, 0.15) is 23.1 Å². The monoisotopic (exact) mass is 310 g/mol. The predicted octanol–water partition coefficient (Wildman–Crippen LogP) is 2.68. The molecular formula is C18H18N2O3. The topological polar surface area (TPSA) is 75.1 Å². The third-order valence-corrected chi connectivity index (χ3v) is 3.86. The Morgan fingerprint density at radius 3 is 2.87 bits per heavy atom. The van der Waals surface area contributed by atoms with Crippen LogP contribution in [-0.4, -0.2) is 10.9 Å². The van der Waals surface area contributed by atoms with Crippen molar-refractivity contribution in [2.75, 3.05) is 0 Å². The Balaban J connectivity index is 1.55. The van der Waals surface area contributed by atoms with Gasteiger partial charge in [-0.25, -0.2) is 4.79 Å². The molecule has 3 rings (SSSR count). The highest BCUT2D eigenvalue weighted by Gasteiger charge is 2.06. The number of hydrogen-bond donors (Lipinski definition) is 2. The fraction of sp³-hybridized carbons (Fsp3) is 0.222. The van der Waals surface area contributed by atoms with Crippen molar-refractivity contribution in [1.82, 2.24) is 10.3 Å². The number of hydrogen-bond acceptors (Lipinski definition) is 3. The molecule has 0 aliphatic carbocycles. The summed E-state index contributed by atoms with van der Waals surface area (Å²) < 4.78 is 4.95. The summed E-state index contributed by atoms with van der Waals surface area (Å²) in [7, 11) is 0. The van der Waals surface area contributed by atoms with E-state index in [1.54, 1.807) is 6.07 Å². The van der Waals surface area contributed by atoms with E-state index in [1.807, 2.05) is 43.3 Å². The van der Waals surface area contributed by atoms with Crippen LogP contribution in [0.3, 0.4) is 0 Å². The van der Waals surface area contributed by atoms with Crippen LogP contribution < -0.4 is 11.1 Å². The minimum atomic E-state index is -0.473. The fourth-order valence-corrected chi connectivity index (χ4v) is 2.54. The van der Waals surface area contributed by atoms with Crippen molar-refractivity contribution in [3.05, 3.63) is 69.7 Å². The van der Waals surface area contributed by atoms with Gasteiger partial charge in [0, 0.05) is 13.0 Å². The molecule has 0 atom stereocenters. The molecule has 0 aliphatic heterocycles. The third kappa shape index (κ3) is 3.69. The van der Waals surface area contributed by atoms with E-state index in [-0.39, 0.29) is 5.91 Å². The van der Waals surface area contributed by atoms with Gasteiger partial charge >= 0.3 is 5.76 Å². The first-order valence-electron chi connectivity index (χ1n) is 7.55. The Morgan fingerprint density at radius 1 is 1.22 bits per heavy atom. The Kier molecular flexibility index (Phi) is 4.28. The molecule has 0 bridgehead atoms. The molecular weight excluding hydrogens is 292 g/mol. The lowest BCUT2D eigenvalue weighted by atomic mass is 10.0. The largest absolute Gasteiger partial charge is 0.417 e. The van der Waals surface area contributed by atoms with Crippen LogP contribution in [0.25, 0.3) is 11.1 Å². The van der Waals surface area contributed by atoms with Gasteiger partial charge in [0.2, 0.25) is 5.91 Å². The van der Waals surface area contributed by atoms with E-state index < -0.39 is 5.76 Å². The molecule has 23 heavy (non-hydrogen) atoms. The third-order valence-electron chi connectivity index (χ3n) is 3.86. The van der Waals surface area contributed by atoms with Crippen molar-refractivity contribution < 1.29 is 9.21 Å². The summed E-state index contributed by atoms with van der Waals surface area (Å²) in [5.41, 5.74) is 4.47. The molecule has 1 aromatic heterocycles. The van der Waals surface area contributed by atoms with Crippen molar-refractivity contribution in [3.8, 4) is 0 Å². The summed E-state index contributed by atoms with van der Waals surface area (Å²) in [6, 6.07) is 13.4. The molecule has 118 valence electrons. The summed E-state index contributed by atoms with van der Waals surface area (Å²) in [4.78, 5) is 25.7. The maximum atomic E-state index is 12.0. The molecule has 1 heterocycles. The molecule has 0 saturated heterocycles. The molecule has 0 unspecified atom stereocenters. The quantitative estimate of drug-likeness (QED) is 0.761. The van der Waals surface area contributed by atoms with E-state index in [1.165, 1.54) is 11.1 Å². The number of H-pyrrole nitrogens is 1. The number of oxazole rings is 1. The molecule has 0 fully saturated rings. The summed E-state index contributed by atoms with van der Waals surface area (Å²) in [6.45, 7) is 2.48. The fourth-order valence-electron chi connectivity index (χ4n) is 2.54. The van der Waals surface area contributed by atoms with Gasteiger partial charge in [-0.15, -0.1) is 0 Å². The van der Waals surface area contributed by atoms with Gasteiger partial charge in [0.25, 0.3) is 0 Å². The number of amides is 1. The zero-order chi connectivity index (χ0) is 16.2. The van der Waals surface area contributed by atoms with Gasteiger partial charge < -0.3 is 9.73 Å². The minimum Gasteiger partial charge on any atom is -0.408 e. The van der Waals surface area contributed by atoms with Gasteiger partial charge in [-0.05, 0) is 42.2 Å². The molecule has 5 nitrogen and oxygen atoms in total. The zero-order valence-corrected chi connectivity index (χ0v) is 12.9. The summed E-state index contributed by atoms with van der Waals surface area (Å²) in [5.74, 6) is -0.464. The van der Waals surface area contributed by atoms with Crippen LogP contribution in [-0.2, 0) is 17.8 Å². The molecule has 2 N–H and O–H groups in total. The number of nitrogens with one attached hydrogen (secondary N) is 2. The molecule has 1 amide bonds. The minimum absolute atomic E-state index is 0.00837. The van der Waals surface area contributed by atoms with Crippen LogP contribution in [0.5, 0.6) is 0 Å². The SMILES string of the molecule is Cc1ccccc1CCC(=O)NCc1ccc2oc(=O)[nH]c2c1. The van der Waals surface area contributed by atoms with E-state index >= 15 is 0 Å². The van der Waals surface area contributed by atoms with E-state index in [4.69, 9.17) is 4.42 Å². The Hall–Kier alpha value is -2.82. The molecule has 2 aromatic carbocycles. The number of aromatic amines is 1. The van der Waals surface area contributed by atoms with Gasteiger partial charge in [0.15, 0.2) is 5.58 Å². The molecule has 3 aromatic rings. The van der Waals surface area contributed by atoms with Gasteiger partial charge in [-0.3, -0.25) is 9.78 Å². The average molecular weight is 310 g/mol. The van der Waals surface area contributed by atoms with Gasteiger partial charge in [0.05, 0.1) is 5.52 Å². The summed E-state index contributed by atoms with van der Waals surface area (Å²) in [5, 5.41) is 2.90. The Labute approximate surface area is 133 Å². The predicted molar refractivity (Wildman–Crippen MR) is 88.2 cm³/mol. The van der Waals surface area contributed by atoms with E-state index in [2.05, 4.69) is 10.3 Å². The molecule has 0 spiro atoms. The second-order valence-corrected chi connectivity index (χ2v) is 5.55. The van der Waals surface area contributed by atoms with Crippen molar-refractivity contribution >= 4 is 17.0 Å². The zero-order valence-electron chi connectivity index (χ0n) is 12.9. The lowest BCUT2D eigenvalue weighted by Crippen LogP contribution is -2.23. The maximum Gasteiger partial charge on any atom is 0.417 e. The highest BCUT2D eigenvalue weighted by Crippen LogP contribution is 2.12. The second kappa shape index (κ2) is 6.52. The van der Waals surface area contributed by atoms with E-state index in [9.17, 15) is 9.59 Å². The normalized spacial score (nSPS) is 10.8. The average Bonchev–Trinajstić information content (AvgIpc) is 2.91. The van der Waals surface area contributed by atoms with Crippen molar-refractivity contribution in [2.45, 2.75) is 26.3 Å². The van der Waals surface area contributed by atoms with Gasteiger partial charge in [-0.2, -0.15) is 0 Å². The highest BCUT2D eigenvalue weighted by atomic mass is 16.4. The smallest absolute Gasteiger partial charge is 0.408 e. The highest BCUT2D eigenvalue weighted by molar-refractivity contribution is 5.77. The summed E-state index contributed by atoms with van der Waals surface area (Å²) >= 11 is 0. The molecule has 0 aliphatic rings. The number of fused-ring (bicyclic) bond motifs is 1. The molecule has 0 radical (unpaired) electrons. The molecule has 5 heteroatoms.